The van der Waals surface area contributed by atoms with E-state index in [9.17, 15) is 4.79 Å². The molecule has 0 bridgehead atoms. The average Bonchev–Trinajstić information content (AvgIpc) is 1.72. The lowest BCUT2D eigenvalue weighted by molar-refractivity contribution is 0.535. The minimum atomic E-state index is -0.0556. The fourth-order valence-electron chi connectivity index (χ4n) is 0.298. The molecule has 0 aliphatic heterocycles. The molecular formula is C6H9O. The Labute approximate surface area is 44.0 Å². The van der Waals surface area contributed by atoms with Crippen molar-refractivity contribution in [3.8, 4) is 0 Å². The second-order valence-electron chi connectivity index (χ2n) is 1.37. The van der Waals surface area contributed by atoms with E-state index in [1.54, 1.807) is 6.08 Å². The molecule has 0 aromatic rings. The van der Waals surface area contributed by atoms with Gasteiger partial charge in [-0.2, -0.15) is 0 Å². The first-order chi connectivity index (χ1) is 3.35. The van der Waals surface area contributed by atoms with Crippen LogP contribution in [0.5, 0.6) is 0 Å². The van der Waals surface area contributed by atoms with Gasteiger partial charge in [-0.05, 0) is 6.42 Å². The predicted molar refractivity (Wildman–Crippen MR) is 29.7 cm³/mol. The molecule has 0 saturated carbocycles. The van der Waals surface area contributed by atoms with Crippen LogP contribution in [-0.4, -0.2) is 6.29 Å². The van der Waals surface area contributed by atoms with Gasteiger partial charge in [-0.3, -0.25) is 4.79 Å². The van der Waals surface area contributed by atoms with Crippen molar-refractivity contribution in [3.63, 3.8) is 0 Å². The third-order valence-electron chi connectivity index (χ3n) is 0.876. The van der Waals surface area contributed by atoms with Gasteiger partial charge in [-0.15, -0.1) is 6.58 Å². The lowest BCUT2D eigenvalue weighted by atomic mass is 10.1. The van der Waals surface area contributed by atoms with Crippen molar-refractivity contribution >= 4 is 6.29 Å². The first kappa shape index (κ1) is 6.41. The maximum absolute atomic E-state index is 9.77. The molecule has 1 heteroatoms. The highest BCUT2D eigenvalue weighted by Crippen LogP contribution is 1.96. The van der Waals surface area contributed by atoms with E-state index in [0.29, 0.717) is 0 Å². The Bertz CT molecular complexity index is 58.6. The molecule has 1 atom stereocenters. The van der Waals surface area contributed by atoms with Crippen molar-refractivity contribution in [1.29, 1.82) is 0 Å². The van der Waals surface area contributed by atoms with Gasteiger partial charge in [0.25, 0.3) is 0 Å². The van der Waals surface area contributed by atoms with Gasteiger partial charge in [-0.1, -0.05) is 13.0 Å². The molecular weight excluding hydrogens is 88.1 g/mol. The Morgan fingerprint density at radius 2 is 2.57 bits per heavy atom. The molecule has 1 nitrogen and oxygen atoms in total. The summed E-state index contributed by atoms with van der Waals surface area (Å²) in [7, 11) is 0. The Kier molecular flexibility index (Phi) is 3.29. The molecule has 0 N–H and O–H groups in total. The number of carbonyl (C=O) groups excluding carboxylic acids is 1. The minimum Gasteiger partial charge on any atom is -0.290 e. The molecule has 0 spiro atoms. The molecule has 0 aromatic heterocycles. The molecule has 0 saturated heterocycles. The van der Waals surface area contributed by atoms with E-state index >= 15 is 0 Å². The zero-order valence-electron chi connectivity index (χ0n) is 4.48. The first-order valence-corrected chi connectivity index (χ1v) is 2.35. The lowest BCUT2D eigenvalue weighted by Crippen LogP contribution is -1.92. The largest absolute Gasteiger partial charge is 0.290 e. The quantitative estimate of drug-likeness (QED) is 0.485. The van der Waals surface area contributed by atoms with Gasteiger partial charge in [0.2, 0.25) is 6.29 Å². The minimum absolute atomic E-state index is 0.0556. The van der Waals surface area contributed by atoms with Crippen molar-refractivity contribution in [2.24, 2.45) is 5.92 Å². The van der Waals surface area contributed by atoms with Gasteiger partial charge in [0.1, 0.15) is 0 Å². The molecule has 7 heavy (non-hydrogen) atoms. The Morgan fingerprint density at radius 3 is 2.57 bits per heavy atom. The van der Waals surface area contributed by atoms with Crippen LogP contribution < -0.4 is 0 Å². The first-order valence-electron chi connectivity index (χ1n) is 2.35. The van der Waals surface area contributed by atoms with Gasteiger partial charge >= 0.3 is 0 Å². The summed E-state index contributed by atoms with van der Waals surface area (Å²) in [5, 5.41) is 0. The fourth-order valence-corrected chi connectivity index (χ4v) is 0.298. The second-order valence-corrected chi connectivity index (χ2v) is 1.37. The fraction of sp³-hybridized carbons (Fsp3) is 0.500. The molecule has 0 aliphatic carbocycles. The molecule has 0 aromatic carbocycles. The Hall–Kier alpha value is -0.590. The van der Waals surface area contributed by atoms with Crippen LogP contribution in [0.3, 0.4) is 0 Å². The van der Waals surface area contributed by atoms with Crippen molar-refractivity contribution in [3.05, 3.63) is 12.7 Å². The summed E-state index contributed by atoms with van der Waals surface area (Å²) in [5.41, 5.74) is 0. The molecule has 1 radical (unpaired) electrons. The van der Waals surface area contributed by atoms with Crippen LogP contribution in [0.2, 0.25) is 0 Å². The summed E-state index contributed by atoms with van der Waals surface area (Å²) < 4.78 is 0. The summed E-state index contributed by atoms with van der Waals surface area (Å²) in [4.78, 5) is 9.77. The van der Waals surface area contributed by atoms with Crippen LogP contribution >= 0.6 is 0 Å². The van der Waals surface area contributed by atoms with Crippen molar-refractivity contribution in [2.75, 3.05) is 0 Å². The van der Waals surface area contributed by atoms with Crippen molar-refractivity contribution in [2.45, 2.75) is 13.3 Å². The van der Waals surface area contributed by atoms with Gasteiger partial charge < -0.3 is 0 Å². The summed E-state index contributed by atoms with van der Waals surface area (Å²) in [6.45, 7) is 5.37. The highest BCUT2D eigenvalue weighted by Gasteiger charge is 1.94. The standard InChI is InChI=1S/C6H9O/c1-3-6(4-2)5-7/h3,6H,1,4H2,2H3. The van der Waals surface area contributed by atoms with E-state index in [-0.39, 0.29) is 5.92 Å². The molecule has 1 unspecified atom stereocenters. The van der Waals surface area contributed by atoms with Crippen molar-refractivity contribution in [1.82, 2.24) is 0 Å². The van der Waals surface area contributed by atoms with Crippen LogP contribution in [-0.2, 0) is 4.79 Å². The van der Waals surface area contributed by atoms with Crippen LogP contribution in [0.15, 0.2) is 12.7 Å². The maximum atomic E-state index is 9.77. The van der Waals surface area contributed by atoms with E-state index in [0.717, 1.165) is 6.42 Å². The van der Waals surface area contributed by atoms with E-state index in [1.807, 2.05) is 13.2 Å². The highest BCUT2D eigenvalue weighted by atomic mass is 16.1. The molecule has 0 aliphatic rings. The molecule has 0 heterocycles. The maximum Gasteiger partial charge on any atom is 0.205 e. The number of hydrogen-bond donors (Lipinski definition) is 0. The lowest BCUT2D eigenvalue weighted by Gasteiger charge is -1.91. The predicted octanol–water partition coefficient (Wildman–Crippen LogP) is 1.31. The second kappa shape index (κ2) is 3.59. The molecule has 0 fully saturated rings. The normalized spacial score (nSPS) is 12.7. The average molecular weight is 97.1 g/mol. The summed E-state index contributed by atoms with van der Waals surface area (Å²) in [6.07, 6.45) is 4.25. The third kappa shape index (κ3) is 2.15. The number of hydrogen-bond acceptors (Lipinski definition) is 1. The van der Waals surface area contributed by atoms with E-state index in [4.69, 9.17) is 0 Å². The van der Waals surface area contributed by atoms with Gasteiger partial charge in [-0.25, -0.2) is 0 Å². The molecule has 39 valence electrons. The van der Waals surface area contributed by atoms with E-state index < -0.39 is 0 Å². The van der Waals surface area contributed by atoms with Gasteiger partial charge in [0.05, 0.1) is 0 Å². The third-order valence-corrected chi connectivity index (χ3v) is 0.876. The Balaban J connectivity index is 3.36. The summed E-state index contributed by atoms with van der Waals surface area (Å²) in [6, 6.07) is 0. The van der Waals surface area contributed by atoms with E-state index in [2.05, 4.69) is 6.58 Å². The molecule has 0 amide bonds. The van der Waals surface area contributed by atoms with Gasteiger partial charge in [0, 0.05) is 5.92 Å². The van der Waals surface area contributed by atoms with Crippen molar-refractivity contribution < 1.29 is 4.79 Å². The number of allylic oxidation sites excluding steroid dienone is 1. The monoisotopic (exact) mass is 97.1 g/mol. The van der Waals surface area contributed by atoms with Crippen LogP contribution in [0.1, 0.15) is 13.3 Å². The van der Waals surface area contributed by atoms with Crippen LogP contribution in [0.25, 0.3) is 0 Å². The SMILES string of the molecule is C=CC([C]=O)CC. The van der Waals surface area contributed by atoms with Crippen LogP contribution in [0, 0.1) is 5.92 Å². The topological polar surface area (TPSA) is 17.1 Å². The Morgan fingerprint density at radius 1 is 2.00 bits per heavy atom. The van der Waals surface area contributed by atoms with Gasteiger partial charge in [0.15, 0.2) is 0 Å². The smallest absolute Gasteiger partial charge is 0.205 e. The summed E-state index contributed by atoms with van der Waals surface area (Å²) in [5.74, 6) is -0.0556. The molecule has 0 rings (SSSR count). The van der Waals surface area contributed by atoms with E-state index in [1.165, 1.54) is 0 Å². The number of rotatable bonds is 3. The summed E-state index contributed by atoms with van der Waals surface area (Å²) >= 11 is 0. The zero-order chi connectivity index (χ0) is 5.70. The zero-order valence-corrected chi connectivity index (χ0v) is 4.48. The highest BCUT2D eigenvalue weighted by molar-refractivity contribution is 5.56. The van der Waals surface area contributed by atoms with Crippen LogP contribution in [0.4, 0.5) is 0 Å².